The molecule has 1 aromatic carbocycles. The van der Waals surface area contributed by atoms with Crippen LogP contribution in [0.4, 0.5) is 17.5 Å². The van der Waals surface area contributed by atoms with E-state index in [0.717, 1.165) is 35.6 Å². The number of aromatic nitrogens is 5. The maximum atomic E-state index is 4.87. The number of pyridine rings is 1. The van der Waals surface area contributed by atoms with E-state index < -0.39 is 0 Å². The van der Waals surface area contributed by atoms with Crippen LogP contribution >= 0.6 is 0 Å². The number of nitrogens with one attached hydrogen (secondary N) is 2. The van der Waals surface area contributed by atoms with E-state index in [4.69, 9.17) is 4.98 Å². The molecule has 0 spiro atoms. The monoisotopic (exact) mass is 457 g/mol. The molecule has 0 bridgehead atoms. The number of imidazole rings is 1. The number of aryl methyl sites for hydroxylation is 2. The molecule has 0 amide bonds. The summed E-state index contributed by atoms with van der Waals surface area (Å²) >= 11 is 0. The lowest BCUT2D eigenvalue weighted by Crippen LogP contribution is -2.26. The predicted molar refractivity (Wildman–Crippen MR) is 140 cm³/mol. The maximum Gasteiger partial charge on any atom is 0.226 e. The average molecular weight is 458 g/mol. The van der Waals surface area contributed by atoms with Crippen LogP contribution in [-0.2, 0) is 18.9 Å². The molecule has 0 aliphatic carbocycles. The van der Waals surface area contributed by atoms with E-state index in [0.29, 0.717) is 11.6 Å². The summed E-state index contributed by atoms with van der Waals surface area (Å²) in [5.74, 6) is 1.31. The molecule has 0 saturated carbocycles. The number of anilines is 3. The van der Waals surface area contributed by atoms with Crippen molar-refractivity contribution in [2.75, 3.05) is 17.2 Å². The number of hydrogen-bond acceptors (Lipinski definition) is 6. The molecule has 0 aliphatic rings. The number of benzene rings is 1. The number of nitrogens with zero attached hydrogens (tertiary/aromatic N) is 5. The van der Waals surface area contributed by atoms with Gasteiger partial charge in [-0.25, -0.2) is 4.98 Å². The van der Waals surface area contributed by atoms with Crippen LogP contribution in [0, 0.1) is 12.3 Å². The Bertz CT molecular complexity index is 1280. The van der Waals surface area contributed by atoms with Crippen molar-refractivity contribution < 1.29 is 0 Å². The molecule has 3 heterocycles. The first-order valence-electron chi connectivity index (χ1n) is 11.7. The molecule has 34 heavy (non-hydrogen) atoms. The highest BCUT2D eigenvalue weighted by molar-refractivity contribution is 5.87. The quantitative estimate of drug-likeness (QED) is 0.366. The first-order chi connectivity index (χ1) is 16.0. The van der Waals surface area contributed by atoms with Crippen LogP contribution in [0.25, 0.3) is 11.2 Å². The first-order valence-corrected chi connectivity index (χ1v) is 11.7. The number of hydrogen-bond donors (Lipinski definition) is 2. The Hall–Kier alpha value is -3.48. The third kappa shape index (κ3) is 5.35. The summed E-state index contributed by atoms with van der Waals surface area (Å²) in [6, 6.07) is 10.7. The van der Waals surface area contributed by atoms with Gasteiger partial charge in [-0.1, -0.05) is 46.8 Å². The van der Waals surface area contributed by atoms with E-state index in [2.05, 4.69) is 97.5 Å². The van der Waals surface area contributed by atoms with Crippen molar-refractivity contribution in [2.45, 2.75) is 53.4 Å². The van der Waals surface area contributed by atoms with Gasteiger partial charge in [0, 0.05) is 31.7 Å². The lowest BCUT2D eigenvalue weighted by atomic mass is 9.86. The van der Waals surface area contributed by atoms with E-state index in [-0.39, 0.29) is 10.8 Å². The van der Waals surface area contributed by atoms with Gasteiger partial charge in [0.2, 0.25) is 5.95 Å². The minimum atomic E-state index is 0.00894. The van der Waals surface area contributed by atoms with Crippen molar-refractivity contribution in [1.82, 2.24) is 24.5 Å². The molecule has 0 saturated heterocycles. The minimum absolute atomic E-state index is 0.00894. The Labute approximate surface area is 202 Å². The van der Waals surface area contributed by atoms with Crippen LogP contribution < -0.4 is 10.6 Å². The van der Waals surface area contributed by atoms with E-state index in [1.807, 2.05) is 24.0 Å². The van der Waals surface area contributed by atoms with Crippen LogP contribution in [0.15, 0.2) is 49.1 Å². The highest BCUT2D eigenvalue weighted by Gasteiger charge is 2.21. The second-order valence-electron chi connectivity index (χ2n) is 10.9. The molecule has 0 radical (unpaired) electrons. The summed E-state index contributed by atoms with van der Waals surface area (Å²) in [5, 5.41) is 7.03. The second kappa shape index (κ2) is 9.05. The zero-order chi connectivity index (χ0) is 24.5. The Kier molecular flexibility index (Phi) is 6.30. The normalized spacial score (nSPS) is 12.2. The zero-order valence-corrected chi connectivity index (χ0v) is 21.3. The molecule has 4 aromatic rings. The average Bonchev–Trinajstić information content (AvgIpc) is 3.14. The number of rotatable bonds is 7. The van der Waals surface area contributed by atoms with Gasteiger partial charge in [-0.05, 0) is 59.1 Å². The van der Waals surface area contributed by atoms with Crippen molar-refractivity contribution in [1.29, 1.82) is 0 Å². The zero-order valence-electron chi connectivity index (χ0n) is 21.3. The van der Waals surface area contributed by atoms with E-state index in [1.54, 1.807) is 6.33 Å². The van der Waals surface area contributed by atoms with Crippen LogP contribution in [0.3, 0.4) is 0 Å². The fraction of sp³-hybridized carbons (Fsp3) is 0.407. The molecule has 7 heteroatoms. The molecule has 2 N–H and O–H groups in total. The van der Waals surface area contributed by atoms with E-state index >= 15 is 0 Å². The third-order valence-corrected chi connectivity index (χ3v) is 6.09. The van der Waals surface area contributed by atoms with Crippen molar-refractivity contribution in [3.05, 3.63) is 65.7 Å². The Morgan fingerprint density at radius 3 is 2.41 bits per heavy atom. The first kappa shape index (κ1) is 23.7. The van der Waals surface area contributed by atoms with Crippen molar-refractivity contribution in [3.8, 4) is 0 Å². The molecule has 0 aliphatic heterocycles. The molecule has 4 rings (SSSR count). The topological polar surface area (TPSA) is 80.6 Å². The van der Waals surface area contributed by atoms with Gasteiger partial charge in [-0.15, -0.1) is 0 Å². The predicted octanol–water partition coefficient (Wildman–Crippen LogP) is 5.79. The smallest absolute Gasteiger partial charge is 0.226 e. The van der Waals surface area contributed by atoms with Gasteiger partial charge in [0.25, 0.3) is 0 Å². The molecular weight excluding hydrogens is 422 g/mol. The fourth-order valence-corrected chi connectivity index (χ4v) is 4.01. The largest absolute Gasteiger partial charge is 0.354 e. The number of fused-ring (bicyclic) bond motifs is 1. The summed E-state index contributed by atoms with van der Waals surface area (Å²) in [6.07, 6.45) is 6.38. The van der Waals surface area contributed by atoms with Crippen molar-refractivity contribution in [3.63, 3.8) is 0 Å². The highest BCUT2D eigenvalue weighted by Crippen LogP contribution is 2.31. The fourth-order valence-electron chi connectivity index (χ4n) is 4.01. The van der Waals surface area contributed by atoms with Crippen LogP contribution in [0.1, 0.15) is 51.3 Å². The van der Waals surface area contributed by atoms with Gasteiger partial charge < -0.3 is 15.2 Å². The Morgan fingerprint density at radius 2 is 1.71 bits per heavy atom. The molecule has 7 nitrogen and oxygen atoms in total. The summed E-state index contributed by atoms with van der Waals surface area (Å²) in [5.41, 5.74) is 6.35. The minimum Gasteiger partial charge on any atom is -0.354 e. The maximum absolute atomic E-state index is 4.87. The van der Waals surface area contributed by atoms with Gasteiger partial charge in [-0.2, -0.15) is 9.97 Å². The Morgan fingerprint density at radius 1 is 0.971 bits per heavy atom. The van der Waals surface area contributed by atoms with Crippen molar-refractivity contribution >= 4 is 28.6 Å². The van der Waals surface area contributed by atoms with Gasteiger partial charge in [-0.3, -0.25) is 4.98 Å². The van der Waals surface area contributed by atoms with Gasteiger partial charge in [0.1, 0.15) is 5.52 Å². The third-order valence-electron chi connectivity index (χ3n) is 6.09. The summed E-state index contributed by atoms with van der Waals surface area (Å²) in [4.78, 5) is 18.2. The SMILES string of the molecule is Cc1ccc(C(C)(C)C)cc1Nc1nc(NCC(C)(C)Cc2ccncc2)nc2ncn(C)c12. The summed E-state index contributed by atoms with van der Waals surface area (Å²) in [6.45, 7) is 14.0. The van der Waals surface area contributed by atoms with Crippen molar-refractivity contribution in [2.24, 2.45) is 12.5 Å². The molecular formula is C27H35N7. The van der Waals surface area contributed by atoms with Crippen LogP contribution in [0.5, 0.6) is 0 Å². The highest BCUT2D eigenvalue weighted by atomic mass is 15.2. The summed E-state index contributed by atoms with van der Waals surface area (Å²) < 4.78 is 1.96. The molecule has 3 aromatic heterocycles. The van der Waals surface area contributed by atoms with Gasteiger partial charge in [0.15, 0.2) is 11.5 Å². The van der Waals surface area contributed by atoms with Gasteiger partial charge >= 0.3 is 0 Å². The lowest BCUT2D eigenvalue weighted by Gasteiger charge is -2.25. The molecule has 0 unspecified atom stereocenters. The van der Waals surface area contributed by atoms with Crippen LogP contribution in [0.2, 0.25) is 0 Å². The Balaban J connectivity index is 1.62. The van der Waals surface area contributed by atoms with Crippen LogP contribution in [-0.4, -0.2) is 31.0 Å². The molecule has 178 valence electrons. The lowest BCUT2D eigenvalue weighted by molar-refractivity contribution is 0.388. The summed E-state index contributed by atoms with van der Waals surface area (Å²) in [7, 11) is 1.97. The molecule has 0 atom stereocenters. The van der Waals surface area contributed by atoms with Gasteiger partial charge in [0.05, 0.1) is 6.33 Å². The standard InChI is InChI=1S/C27H35N7/c1-18-8-9-20(26(2,3)4)14-21(18)31-24-22-23(30-17-34(22)7)32-25(33-24)29-16-27(5,6)15-19-10-12-28-13-11-19/h8-14,17H,15-16H2,1-7H3,(H2,29,31,32,33). The van der Waals surface area contributed by atoms with E-state index in [9.17, 15) is 0 Å². The van der Waals surface area contributed by atoms with E-state index in [1.165, 1.54) is 11.1 Å². The molecule has 0 fully saturated rings. The second-order valence-corrected chi connectivity index (χ2v) is 10.9.